The van der Waals surface area contributed by atoms with Gasteiger partial charge in [0, 0.05) is 0 Å². The second kappa shape index (κ2) is 6.27. The van der Waals surface area contributed by atoms with Gasteiger partial charge in [-0.05, 0) is 0 Å². The van der Waals surface area contributed by atoms with E-state index in [1.165, 1.54) is 28.6 Å². The van der Waals surface area contributed by atoms with E-state index in [2.05, 4.69) is 4.98 Å². The molecule has 4 atom stereocenters. The van der Waals surface area contributed by atoms with E-state index < -0.39 is 31.5 Å². The number of nitrogens with two attached hydrogens (primary N) is 1. The van der Waals surface area contributed by atoms with Crippen molar-refractivity contribution in [2.75, 3.05) is 12.3 Å². The van der Waals surface area contributed by atoms with Gasteiger partial charge in [0.25, 0.3) is 0 Å². The van der Waals surface area contributed by atoms with Crippen molar-refractivity contribution in [3.8, 4) is 0 Å². The van der Waals surface area contributed by atoms with Crippen LogP contribution in [0.3, 0.4) is 0 Å². The Labute approximate surface area is 136 Å². The number of halogens is 1. The fourth-order valence-corrected chi connectivity index (χ4v) is 6.06. The Kier molecular flexibility index (Phi) is 4.65. The molecule has 0 aliphatic carbocycles. The van der Waals surface area contributed by atoms with Crippen LogP contribution in [0.1, 0.15) is 19.2 Å². The number of thioether (sulfide) groups is 1. The van der Waals surface area contributed by atoms with Crippen molar-refractivity contribution in [1.82, 2.24) is 9.55 Å². The summed E-state index contributed by atoms with van der Waals surface area (Å²) in [4.78, 5) is 25.8. The number of rotatable bonds is 3. The third-order valence-electron chi connectivity index (χ3n) is 3.49. The minimum absolute atomic E-state index is 0.0776. The topological polar surface area (TPSA) is 109 Å². The zero-order valence-electron chi connectivity index (χ0n) is 12.6. The first-order valence-corrected chi connectivity index (χ1v) is 9.77. The summed E-state index contributed by atoms with van der Waals surface area (Å²) in [5.41, 5.74) is 4.82. The normalized spacial score (nSPS) is 34.3. The Balaban J connectivity index is 1.81. The molecule has 2 fully saturated rings. The van der Waals surface area contributed by atoms with Gasteiger partial charge in [0.2, 0.25) is 0 Å². The van der Waals surface area contributed by atoms with Crippen molar-refractivity contribution in [1.29, 1.82) is 0 Å². The summed E-state index contributed by atoms with van der Waals surface area (Å²) in [6.45, 7) is 3.55. The summed E-state index contributed by atoms with van der Waals surface area (Å²) in [5, 5.41) is -1.16. The van der Waals surface area contributed by atoms with Crippen LogP contribution in [0.15, 0.2) is 17.1 Å². The molecule has 3 heterocycles. The van der Waals surface area contributed by atoms with E-state index in [1.54, 1.807) is 13.8 Å². The molecule has 1 aromatic heterocycles. The molecule has 0 saturated carbocycles. The monoisotopic (exact) mass is 367 g/mol. The molecule has 0 spiro atoms. The van der Waals surface area contributed by atoms with Gasteiger partial charge in [-0.3, -0.25) is 0 Å². The van der Waals surface area contributed by atoms with Crippen LogP contribution in [-0.2, 0) is 13.6 Å². The van der Waals surface area contributed by atoms with Gasteiger partial charge in [-0.25, -0.2) is 0 Å². The van der Waals surface area contributed by atoms with Gasteiger partial charge in [0.1, 0.15) is 0 Å². The standard InChI is InChI=1S/C12H19FN3O5PS/c1-6(2)20-22(18)19-5-7-10(21-22)9(13)11(23-7)16-4-3-8(14)15-12(16)17/h3-4,6-7,9-11,18,22H,5H2,1-2H3,(H2,14,15,17)/t7-,9+,10-,11-/m1/s1. The molecule has 3 N–H and O–H groups in total. The van der Waals surface area contributed by atoms with Gasteiger partial charge in [-0.1, -0.05) is 0 Å². The van der Waals surface area contributed by atoms with E-state index in [0.29, 0.717) is 0 Å². The van der Waals surface area contributed by atoms with Crippen LogP contribution in [-0.4, -0.2) is 44.7 Å². The maximum atomic E-state index is 14.8. The molecule has 0 bridgehead atoms. The average molecular weight is 367 g/mol. The molecule has 8 nitrogen and oxygen atoms in total. The van der Waals surface area contributed by atoms with Crippen molar-refractivity contribution in [2.24, 2.45) is 0 Å². The van der Waals surface area contributed by atoms with Gasteiger partial charge in [-0.2, -0.15) is 0 Å². The number of fused-ring (bicyclic) bond motifs is 1. The van der Waals surface area contributed by atoms with Gasteiger partial charge < -0.3 is 0 Å². The Hall–Kier alpha value is -0.770. The third-order valence-corrected chi connectivity index (χ3v) is 6.88. The van der Waals surface area contributed by atoms with Gasteiger partial charge in [-0.15, -0.1) is 0 Å². The van der Waals surface area contributed by atoms with E-state index in [0.717, 1.165) is 0 Å². The molecule has 0 aromatic carbocycles. The molecule has 130 valence electrons. The van der Waals surface area contributed by atoms with Crippen molar-refractivity contribution in [3.63, 3.8) is 0 Å². The molecule has 11 heteroatoms. The Morgan fingerprint density at radius 3 is 3.04 bits per heavy atom. The average Bonchev–Trinajstić information content (AvgIpc) is 2.75. The second-order valence-electron chi connectivity index (χ2n) is 5.64. The van der Waals surface area contributed by atoms with Crippen LogP contribution >= 0.6 is 19.9 Å². The molecule has 23 heavy (non-hydrogen) atoms. The van der Waals surface area contributed by atoms with Gasteiger partial charge in [0.05, 0.1) is 0 Å². The SMILES string of the molecule is CC(C)O[PH]1(O)OC[C@H]2S[C@@H](n3ccc(N)nc3=O)[C@@H](F)[C@@H]2O1. The van der Waals surface area contributed by atoms with E-state index in [9.17, 15) is 14.1 Å². The predicted molar refractivity (Wildman–Crippen MR) is 85.8 cm³/mol. The molecule has 2 aliphatic rings. The molecule has 0 unspecified atom stereocenters. The van der Waals surface area contributed by atoms with Crippen LogP contribution in [0.2, 0.25) is 0 Å². The number of anilines is 1. The summed E-state index contributed by atoms with van der Waals surface area (Å²) in [6, 6.07) is 1.43. The zero-order valence-corrected chi connectivity index (χ0v) is 14.4. The molecule has 0 radical (unpaired) electrons. The molecule has 1 aromatic rings. The zero-order chi connectivity index (χ0) is 16.8. The maximum absolute atomic E-state index is 14.8. The van der Waals surface area contributed by atoms with E-state index >= 15 is 0 Å². The fourth-order valence-electron chi connectivity index (χ4n) is 2.57. The van der Waals surface area contributed by atoms with E-state index in [-0.39, 0.29) is 23.8 Å². The van der Waals surface area contributed by atoms with Crippen LogP contribution in [0.4, 0.5) is 10.2 Å². The quantitative estimate of drug-likeness (QED) is 0.763. The van der Waals surface area contributed by atoms with Crippen molar-refractivity contribution >= 4 is 25.7 Å². The first-order valence-electron chi connectivity index (χ1n) is 7.15. The van der Waals surface area contributed by atoms with Crippen LogP contribution in [0.5, 0.6) is 0 Å². The Morgan fingerprint density at radius 2 is 2.39 bits per heavy atom. The summed E-state index contributed by atoms with van der Waals surface area (Å²) in [7, 11) is -3.86. The Bertz CT molecular complexity index is 649. The van der Waals surface area contributed by atoms with E-state index in [4.69, 9.17) is 19.3 Å². The Morgan fingerprint density at radius 1 is 1.65 bits per heavy atom. The number of nitrogens with zero attached hydrogens (tertiary/aromatic N) is 2. The van der Waals surface area contributed by atoms with Crippen LogP contribution in [0.25, 0.3) is 0 Å². The number of aromatic nitrogens is 2. The summed E-state index contributed by atoms with van der Waals surface area (Å²) < 4.78 is 32.0. The van der Waals surface area contributed by atoms with E-state index in [1.807, 2.05) is 0 Å². The number of hydrogen-bond acceptors (Lipinski definition) is 8. The third kappa shape index (κ3) is 3.38. The van der Waals surface area contributed by atoms with Crippen molar-refractivity contribution in [2.45, 2.75) is 42.9 Å². The molecule has 3 rings (SSSR count). The fraction of sp³-hybridized carbons (Fsp3) is 0.667. The predicted octanol–water partition coefficient (Wildman–Crippen LogP) is 1.02. The van der Waals surface area contributed by atoms with Crippen molar-refractivity contribution in [3.05, 3.63) is 22.7 Å². The molecule has 2 aliphatic heterocycles. The van der Waals surface area contributed by atoms with Crippen LogP contribution < -0.4 is 11.4 Å². The summed E-state index contributed by atoms with van der Waals surface area (Å²) in [6.07, 6.45) is -1.32. The van der Waals surface area contributed by atoms with Gasteiger partial charge >= 0.3 is 136 Å². The molecule has 2 saturated heterocycles. The summed E-state index contributed by atoms with van der Waals surface area (Å²) >= 11 is 1.21. The number of nitrogen functional groups attached to an aromatic ring is 1. The van der Waals surface area contributed by atoms with Crippen LogP contribution in [0, 0.1) is 0 Å². The summed E-state index contributed by atoms with van der Waals surface area (Å²) in [5.74, 6) is 0.0776. The first kappa shape index (κ1) is 17.1. The number of hydrogen-bond donors (Lipinski definition) is 2. The minimum atomic E-state index is -3.86. The first-order chi connectivity index (χ1) is 10.8. The number of alkyl halides is 1. The van der Waals surface area contributed by atoms with Crippen molar-refractivity contribution < 1.29 is 22.9 Å². The van der Waals surface area contributed by atoms with Gasteiger partial charge in [0.15, 0.2) is 0 Å². The second-order valence-corrected chi connectivity index (χ2v) is 8.80. The molecular weight excluding hydrogens is 348 g/mol. The molecule has 0 amide bonds. The molecular formula is C12H19FN3O5PS.